The molecule has 3 rings (SSSR count). The molecule has 0 N–H and O–H groups in total. The van der Waals surface area contributed by atoms with Crippen LogP contribution in [0.3, 0.4) is 0 Å². The molecule has 0 aromatic carbocycles. The zero-order valence-electron chi connectivity index (χ0n) is 12.6. The van der Waals surface area contributed by atoms with Crippen molar-refractivity contribution in [2.24, 2.45) is 23.7 Å². The first-order chi connectivity index (χ1) is 9.95. The molecule has 0 saturated heterocycles. The van der Waals surface area contributed by atoms with Crippen LogP contribution in [0.2, 0.25) is 0 Å². The van der Waals surface area contributed by atoms with Crippen molar-refractivity contribution in [3.05, 3.63) is 22.8 Å². The van der Waals surface area contributed by atoms with Crippen LogP contribution in [0.5, 0.6) is 0 Å². The summed E-state index contributed by atoms with van der Waals surface area (Å²) < 4.78 is 5.12. The van der Waals surface area contributed by atoms with Crippen molar-refractivity contribution in [1.82, 2.24) is 0 Å². The largest absolute Gasteiger partial charge is 0.462 e. The summed E-state index contributed by atoms with van der Waals surface area (Å²) in [7, 11) is 0. The molecule has 2 fully saturated rings. The molecule has 2 saturated carbocycles. The number of ketones is 2. The maximum absolute atomic E-state index is 12.8. The Bertz CT molecular complexity index is 596. The van der Waals surface area contributed by atoms with Crippen LogP contribution in [0.1, 0.15) is 33.6 Å². The highest BCUT2D eigenvalue weighted by Gasteiger charge is 2.54. The standard InChI is InChI=1S/C17H20O4/c1-4-21-17(20)11-5-8(2)14-12-6-10(7-13(12)18)15(9(11)3)16(14)19/h5,10,12,14-15H,4,6-7H2,1-3H3/t10-,12-,14+,15-/m1/s1. The molecule has 4 heteroatoms. The monoisotopic (exact) mass is 288 g/mol. The fourth-order valence-electron chi connectivity index (χ4n) is 4.29. The van der Waals surface area contributed by atoms with Crippen molar-refractivity contribution in [2.75, 3.05) is 6.61 Å². The second kappa shape index (κ2) is 4.93. The fraction of sp³-hybridized carbons (Fsp3) is 0.588. The van der Waals surface area contributed by atoms with Gasteiger partial charge in [-0.15, -0.1) is 0 Å². The van der Waals surface area contributed by atoms with Crippen molar-refractivity contribution < 1.29 is 19.1 Å². The molecule has 21 heavy (non-hydrogen) atoms. The van der Waals surface area contributed by atoms with Gasteiger partial charge in [-0.1, -0.05) is 5.57 Å². The van der Waals surface area contributed by atoms with Gasteiger partial charge in [-0.3, -0.25) is 9.59 Å². The van der Waals surface area contributed by atoms with E-state index in [1.54, 1.807) is 13.0 Å². The van der Waals surface area contributed by atoms with Crippen LogP contribution in [0.4, 0.5) is 0 Å². The lowest BCUT2D eigenvalue weighted by molar-refractivity contribution is -0.138. The summed E-state index contributed by atoms with van der Waals surface area (Å²) in [5.74, 6) is -0.793. The second-order valence-corrected chi connectivity index (χ2v) is 6.34. The average Bonchev–Trinajstić information content (AvgIpc) is 2.70. The van der Waals surface area contributed by atoms with Gasteiger partial charge in [0.25, 0.3) is 0 Å². The van der Waals surface area contributed by atoms with Gasteiger partial charge in [0.15, 0.2) is 0 Å². The highest BCUT2D eigenvalue weighted by Crippen LogP contribution is 2.51. The third-order valence-electron chi connectivity index (χ3n) is 5.17. The molecule has 3 aliphatic carbocycles. The van der Waals surface area contributed by atoms with Gasteiger partial charge in [0.05, 0.1) is 12.2 Å². The molecule has 3 aliphatic rings. The number of fused-ring (bicyclic) bond motifs is 6. The smallest absolute Gasteiger partial charge is 0.338 e. The molecule has 0 amide bonds. The maximum Gasteiger partial charge on any atom is 0.338 e. The van der Waals surface area contributed by atoms with Crippen LogP contribution in [-0.2, 0) is 19.1 Å². The summed E-state index contributed by atoms with van der Waals surface area (Å²) in [5, 5.41) is 0. The predicted octanol–water partition coefficient (Wildman–Crippen LogP) is 2.24. The first-order valence-electron chi connectivity index (χ1n) is 7.58. The summed E-state index contributed by atoms with van der Waals surface area (Å²) in [5.41, 5.74) is 2.11. The molecule has 0 aromatic rings. The van der Waals surface area contributed by atoms with Gasteiger partial charge in [0, 0.05) is 24.2 Å². The minimum absolute atomic E-state index is 0.0648. The SMILES string of the molecule is CCOC(=O)C1=C(C)[C@H]2C(=O)[C@@H](C(C)=C1)[C@@H]1C[C@@H]2CC1=O. The van der Waals surface area contributed by atoms with Crippen molar-refractivity contribution in [1.29, 1.82) is 0 Å². The molecule has 4 nitrogen and oxygen atoms in total. The molecule has 0 radical (unpaired) electrons. The number of ether oxygens (including phenoxy) is 1. The number of esters is 1. The number of allylic oxidation sites excluding steroid dienone is 2. The fourth-order valence-corrected chi connectivity index (χ4v) is 4.29. The van der Waals surface area contributed by atoms with E-state index >= 15 is 0 Å². The quantitative estimate of drug-likeness (QED) is 0.731. The Morgan fingerprint density at radius 3 is 2.67 bits per heavy atom. The van der Waals surface area contributed by atoms with Crippen LogP contribution in [0, 0.1) is 23.7 Å². The predicted molar refractivity (Wildman–Crippen MR) is 76.3 cm³/mol. The summed E-state index contributed by atoms with van der Waals surface area (Å²) in [4.78, 5) is 37.1. The Labute approximate surface area is 124 Å². The van der Waals surface area contributed by atoms with E-state index in [9.17, 15) is 14.4 Å². The highest BCUT2D eigenvalue weighted by atomic mass is 16.5. The van der Waals surface area contributed by atoms with Gasteiger partial charge in [-0.25, -0.2) is 4.79 Å². The van der Waals surface area contributed by atoms with E-state index in [4.69, 9.17) is 4.74 Å². The Kier molecular flexibility index (Phi) is 3.34. The number of hydrogen-bond acceptors (Lipinski definition) is 4. The molecule has 4 atom stereocenters. The lowest BCUT2D eigenvalue weighted by Gasteiger charge is -2.32. The third kappa shape index (κ3) is 2.00. The Balaban J connectivity index is 2.11. The van der Waals surface area contributed by atoms with Gasteiger partial charge >= 0.3 is 5.97 Å². The van der Waals surface area contributed by atoms with E-state index in [-0.39, 0.29) is 41.2 Å². The molecular weight excluding hydrogens is 268 g/mol. The third-order valence-corrected chi connectivity index (χ3v) is 5.17. The lowest BCUT2D eigenvalue weighted by Crippen LogP contribution is -2.37. The van der Waals surface area contributed by atoms with Crippen molar-refractivity contribution in [2.45, 2.75) is 33.6 Å². The molecule has 112 valence electrons. The minimum atomic E-state index is -0.364. The molecule has 0 unspecified atom stereocenters. The van der Waals surface area contributed by atoms with Gasteiger partial charge in [-0.2, -0.15) is 0 Å². The minimum Gasteiger partial charge on any atom is -0.462 e. The molecule has 0 aromatic heterocycles. The molecule has 0 heterocycles. The molecule has 0 aliphatic heterocycles. The van der Waals surface area contributed by atoms with E-state index in [1.807, 2.05) is 13.8 Å². The number of carbonyl (C=O) groups excluding carboxylic acids is 3. The number of hydrogen-bond donors (Lipinski definition) is 0. The summed E-state index contributed by atoms with van der Waals surface area (Å²) in [6.07, 6.45) is 3.01. The Morgan fingerprint density at radius 2 is 2.00 bits per heavy atom. The summed E-state index contributed by atoms with van der Waals surface area (Å²) in [6.45, 7) is 5.77. The first kappa shape index (κ1) is 14.2. The summed E-state index contributed by atoms with van der Waals surface area (Å²) in [6, 6.07) is 0. The number of rotatable bonds is 2. The van der Waals surface area contributed by atoms with Crippen LogP contribution < -0.4 is 0 Å². The van der Waals surface area contributed by atoms with E-state index in [2.05, 4.69) is 0 Å². The van der Waals surface area contributed by atoms with Gasteiger partial charge < -0.3 is 4.74 Å². The molecule has 0 spiro atoms. The highest BCUT2D eigenvalue weighted by molar-refractivity contribution is 6.02. The average molecular weight is 288 g/mol. The van der Waals surface area contributed by atoms with Crippen molar-refractivity contribution >= 4 is 17.5 Å². The van der Waals surface area contributed by atoms with Gasteiger partial charge in [0.1, 0.15) is 11.6 Å². The van der Waals surface area contributed by atoms with Crippen LogP contribution in [-0.4, -0.2) is 24.1 Å². The Morgan fingerprint density at radius 1 is 1.29 bits per heavy atom. The van der Waals surface area contributed by atoms with Crippen molar-refractivity contribution in [3.63, 3.8) is 0 Å². The van der Waals surface area contributed by atoms with Crippen LogP contribution in [0.15, 0.2) is 22.8 Å². The normalized spacial score (nSPS) is 34.7. The summed E-state index contributed by atoms with van der Waals surface area (Å²) >= 11 is 0. The van der Waals surface area contributed by atoms with Gasteiger partial charge in [-0.05, 0) is 44.8 Å². The Hall–Kier alpha value is -1.71. The zero-order valence-corrected chi connectivity index (χ0v) is 12.6. The van der Waals surface area contributed by atoms with Gasteiger partial charge in [0.2, 0.25) is 0 Å². The zero-order chi connectivity index (χ0) is 15.3. The molecule has 4 bridgehead atoms. The topological polar surface area (TPSA) is 60.4 Å². The van der Waals surface area contributed by atoms with E-state index in [0.717, 1.165) is 17.6 Å². The number of Topliss-reactive ketones (excluding diaryl/α,β-unsaturated/α-hetero) is 2. The van der Waals surface area contributed by atoms with Crippen LogP contribution >= 0.6 is 0 Å². The van der Waals surface area contributed by atoms with E-state index < -0.39 is 0 Å². The number of carbonyl (C=O) groups is 3. The van der Waals surface area contributed by atoms with Crippen molar-refractivity contribution in [3.8, 4) is 0 Å². The van der Waals surface area contributed by atoms with E-state index in [0.29, 0.717) is 18.6 Å². The van der Waals surface area contributed by atoms with Crippen LogP contribution in [0.25, 0.3) is 0 Å². The first-order valence-corrected chi connectivity index (χ1v) is 7.58. The lowest BCUT2D eigenvalue weighted by atomic mass is 9.69. The molecular formula is C17H20O4. The maximum atomic E-state index is 12.8. The second-order valence-electron chi connectivity index (χ2n) is 6.34. The van der Waals surface area contributed by atoms with E-state index in [1.165, 1.54) is 0 Å².